The first-order valence-corrected chi connectivity index (χ1v) is 11.0. The number of rotatable bonds is 7. The van der Waals surface area contributed by atoms with Gasteiger partial charge in [0.2, 0.25) is 5.91 Å². The summed E-state index contributed by atoms with van der Waals surface area (Å²) in [6.45, 7) is 8.13. The van der Waals surface area contributed by atoms with E-state index in [1.165, 1.54) is 5.56 Å². The fourth-order valence-corrected chi connectivity index (χ4v) is 3.53. The second-order valence-corrected chi connectivity index (χ2v) is 8.82. The van der Waals surface area contributed by atoms with Gasteiger partial charge in [-0.05, 0) is 73.2 Å². The number of pyridine rings is 1. The van der Waals surface area contributed by atoms with Gasteiger partial charge in [-0.3, -0.25) is 9.59 Å². The van der Waals surface area contributed by atoms with Crippen molar-refractivity contribution >= 4 is 34.9 Å². The Morgan fingerprint density at radius 2 is 1.69 bits per heavy atom. The Kier molecular flexibility index (Phi) is 7.65. The average Bonchev–Trinajstić information content (AvgIpc) is 2.74. The fourth-order valence-electron chi connectivity index (χ4n) is 3.36. The standard InChI is InChI=1S/C26H28ClN3O2/c1-16(2)13-19-5-7-20(8-6-19)18(4)25(31)29-23-15-21(9-10-22(23)27)26(32)30-24-14-17(3)11-12-28-24/h5-12,14-16,18H,13H2,1-4H3,(H,29,31)(H,28,30,32)/t18-/m0/s1. The van der Waals surface area contributed by atoms with Crippen LogP contribution in [0.15, 0.2) is 60.8 Å². The van der Waals surface area contributed by atoms with Crippen LogP contribution in [0.25, 0.3) is 0 Å². The molecule has 0 aliphatic carbocycles. The molecule has 0 bridgehead atoms. The molecule has 2 amide bonds. The number of halogens is 1. The molecule has 2 N–H and O–H groups in total. The fraction of sp³-hybridized carbons (Fsp3) is 0.269. The lowest BCUT2D eigenvalue weighted by Gasteiger charge is -2.15. The number of benzene rings is 2. The summed E-state index contributed by atoms with van der Waals surface area (Å²) in [6.07, 6.45) is 2.64. The molecule has 0 spiro atoms. The number of aryl methyl sites for hydroxylation is 1. The molecule has 3 rings (SSSR count). The van der Waals surface area contributed by atoms with Gasteiger partial charge in [-0.15, -0.1) is 0 Å². The number of hydrogen-bond donors (Lipinski definition) is 2. The molecule has 1 heterocycles. The first-order chi connectivity index (χ1) is 15.2. The molecule has 2 aromatic carbocycles. The van der Waals surface area contributed by atoms with Crippen molar-refractivity contribution in [3.63, 3.8) is 0 Å². The summed E-state index contributed by atoms with van der Waals surface area (Å²) < 4.78 is 0. The van der Waals surface area contributed by atoms with Gasteiger partial charge in [0.1, 0.15) is 5.82 Å². The van der Waals surface area contributed by atoms with Gasteiger partial charge in [0.05, 0.1) is 16.6 Å². The number of anilines is 2. The van der Waals surface area contributed by atoms with Crippen LogP contribution in [0.5, 0.6) is 0 Å². The Morgan fingerprint density at radius 3 is 2.34 bits per heavy atom. The van der Waals surface area contributed by atoms with Crippen LogP contribution in [0.2, 0.25) is 5.02 Å². The van der Waals surface area contributed by atoms with Gasteiger partial charge in [0.15, 0.2) is 0 Å². The topological polar surface area (TPSA) is 71.1 Å². The van der Waals surface area contributed by atoms with E-state index in [1.54, 1.807) is 30.5 Å². The maximum Gasteiger partial charge on any atom is 0.256 e. The number of carbonyl (C=O) groups excluding carboxylic acids is 2. The normalized spacial score (nSPS) is 11.8. The van der Waals surface area contributed by atoms with Crippen molar-refractivity contribution in [2.45, 2.75) is 40.0 Å². The zero-order chi connectivity index (χ0) is 23.3. The summed E-state index contributed by atoms with van der Waals surface area (Å²) in [4.78, 5) is 29.6. The maximum atomic E-state index is 12.9. The predicted octanol–water partition coefficient (Wildman–Crippen LogP) is 6.24. The first kappa shape index (κ1) is 23.5. The molecule has 0 radical (unpaired) electrons. The van der Waals surface area contributed by atoms with E-state index in [0.29, 0.717) is 28.0 Å². The molecule has 5 nitrogen and oxygen atoms in total. The molecule has 0 aliphatic rings. The Labute approximate surface area is 194 Å². The van der Waals surface area contributed by atoms with Gasteiger partial charge in [-0.1, -0.05) is 49.7 Å². The molecule has 0 aliphatic heterocycles. The molecular formula is C26H28ClN3O2. The Bertz CT molecular complexity index is 1110. The summed E-state index contributed by atoms with van der Waals surface area (Å²) in [5, 5.41) is 5.98. The molecule has 32 heavy (non-hydrogen) atoms. The van der Waals surface area contributed by atoms with Gasteiger partial charge in [-0.25, -0.2) is 4.98 Å². The molecule has 0 saturated carbocycles. The molecule has 1 atom stereocenters. The van der Waals surface area contributed by atoms with E-state index < -0.39 is 0 Å². The van der Waals surface area contributed by atoms with Crippen LogP contribution in [0.3, 0.4) is 0 Å². The molecule has 0 fully saturated rings. The molecule has 6 heteroatoms. The summed E-state index contributed by atoms with van der Waals surface area (Å²) in [5.74, 6) is 0.151. The van der Waals surface area contributed by atoms with Gasteiger partial charge >= 0.3 is 0 Å². The largest absolute Gasteiger partial charge is 0.324 e. The molecular weight excluding hydrogens is 422 g/mol. The highest BCUT2D eigenvalue weighted by Gasteiger charge is 2.18. The quantitative estimate of drug-likeness (QED) is 0.448. The van der Waals surface area contributed by atoms with Gasteiger partial charge in [0.25, 0.3) is 5.91 Å². The first-order valence-electron chi connectivity index (χ1n) is 10.7. The minimum atomic E-state index is -0.367. The zero-order valence-corrected chi connectivity index (χ0v) is 19.5. The highest BCUT2D eigenvalue weighted by molar-refractivity contribution is 6.34. The molecule has 1 aromatic heterocycles. The van der Waals surface area contributed by atoms with Crippen molar-refractivity contribution in [2.75, 3.05) is 10.6 Å². The number of nitrogens with one attached hydrogen (secondary N) is 2. The zero-order valence-electron chi connectivity index (χ0n) is 18.8. The monoisotopic (exact) mass is 449 g/mol. The van der Waals surface area contributed by atoms with Gasteiger partial charge in [0, 0.05) is 11.8 Å². The Balaban J connectivity index is 1.71. The van der Waals surface area contributed by atoms with Crippen LogP contribution in [0, 0.1) is 12.8 Å². The Morgan fingerprint density at radius 1 is 0.969 bits per heavy atom. The van der Waals surface area contributed by atoms with Crippen LogP contribution in [-0.2, 0) is 11.2 Å². The number of carbonyl (C=O) groups is 2. The summed E-state index contributed by atoms with van der Waals surface area (Å²) in [6, 6.07) is 16.5. The minimum Gasteiger partial charge on any atom is -0.324 e. The van der Waals surface area contributed by atoms with E-state index in [0.717, 1.165) is 17.5 Å². The van der Waals surface area contributed by atoms with E-state index in [-0.39, 0.29) is 17.7 Å². The van der Waals surface area contributed by atoms with E-state index in [1.807, 2.05) is 32.0 Å². The van der Waals surface area contributed by atoms with Crippen LogP contribution in [0.1, 0.15) is 53.7 Å². The second-order valence-electron chi connectivity index (χ2n) is 8.42. The van der Waals surface area contributed by atoms with Gasteiger partial charge < -0.3 is 10.6 Å². The SMILES string of the molecule is Cc1ccnc(NC(=O)c2ccc(Cl)c(NC(=O)[C@@H](C)c3ccc(CC(C)C)cc3)c2)c1. The maximum absolute atomic E-state index is 12.9. The smallest absolute Gasteiger partial charge is 0.256 e. The summed E-state index contributed by atoms with van der Waals surface area (Å²) in [7, 11) is 0. The van der Waals surface area contributed by atoms with Crippen LogP contribution >= 0.6 is 11.6 Å². The number of nitrogens with zero attached hydrogens (tertiary/aromatic N) is 1. The van der Waals surface area contributed by atoms with Crippen molar-refractivity contribution in [1.29, 1.82) is 0 Å². The highest BCUT2D eigenvalue weighted by atomic mass is 35.5. The molecule has 0 saturated heterocycles. The lowest BCUT2D eigenvalue weighted by atomic mass is 9.96. The number of amides is 2. The molecule has 166 valence electrons. The number of aromatic nitrogens is 1. The van der Waals surface area contributed by atoms with Crippen molar-refractivity contribution in [1.82, 2.24) is 4.98 Å². The lowest BCUT2D eigenvalue weighted by Crippen LogP contribution is -2.20. The third-order valence-corrected chi connectivity index (χ3v) is 5.49. The molecule has 3 aromatic rings. The van der Waals surface area contributed by atoms with E-state index in [9.17, 15) is 9.59 Å². The van der Waals surface area contributed by atoms with Crippen LogP contribution < -0.4 is 10.6 Å². The van der Waals surface area contributed by atoms with Crippen LogP contribution in [-0.4, -0.2) is 16.8 Å². The minimum absolute atomic E-state index is 0.193. The third kappa shape index (κ3) is 6.17. The van der Waals surface area contributed by atoms with E-state index in [4.69, 9.17) is 11.6 Å². The Hall–Kier alpha value is -3.18. The summed E-state index contributed by atoms with van der Waals surface area (Å²) in [5.41, 5.74) is 3.93. The lowest BCUT2D eigenvalue weighted by molar-refractivity contribution is -0.117. The van der Waals surface area contributed by atoms with Crippen LogP contribution in [0.4, 0.5) is 11.5 Å². The highest BCUT2D eigenvalue weighted by Crippen LogP contribution is 2.26. The number of hydrogen-bond acceptors (Lipinski definition) is 3. The summed E-state index contributed by atoms with van der Waals surface area (Å²) >= 11 is 6.29. The molecule has 0 unspecified atom stereocenters. The van der Waals surface area contributed by atoms with Crippen molar-refractivity contribution in [3.05, 3.63) is 88.1 Å². The van der Waals surface area contributed by atoms with E-state index >= 15 is 0 Å². The van der Waals surface area contributed by atoms with E-state index in [2.05, 4.69) is 41.6 Å². The van der Waals surface area contributed by atoms with Crippen molar-refractivity contribution < 1.29 is 9.59 Å². The predicted molar refractivity (Wildman–Crippen MR) is 130 cm³/mol. The van der Waals surface area contributed by atoms with Crippen molar-refractivity contribution in [2.24, 2.45) is 5.92 Å². The van der Waals surface area contributed by atoms with Crippen molar-refractivity contribution in [3.8, 4) is 0 Å². The van der Waals surface area contributed by atoms with Gasteiger partial charge in [-0.2, -0.15) is 0 Å². The second kappa shape index (κ2) is 10.4. The third-order valence-electron chi connectivity index (χ3n) is 5.16. The average molecular weight is 450 g/mol.